The lowest BCUT2D eigenvalue weighted by Gasteiger charge is -2.21. The van der Waals surface area contributed by atoms with Crippen LogP contribution in [-0.2, 0) is 0 Å². The van der Waals surface area contributed by atoms with Gasteiger partial charge in [0, 0.05) is 32.0 Å². The van der Waals surface area contributed by atoms with Crippen molar-refractivity contribution in [1.82, 2.24) is 15.5 Å². The lowest BCUT2D eigenvalue weighted by Crippen LogP contribution is -2.26. The standard InChI is InChI=1S/C13H25N5/c1-6-9-18(5)12(3)10-16-11(2)7-8-13(15-4)17-14/h7-8,14-16H,3,6,9-10H2,1-2,4-5H3/b11-7+,13-8-,17-14?. The summed E-state index contributed by atoms with van der Waals surface area (Å²) in [6.07, 6.45) is 4.76. The van der Waals surface area contributed by atoms with Crippen LogP contribution in [0, 0.1) is 5.53 Å². The van der Waals surface area contributed by atoms with Crippen LogP contribution in [0.1, 0.15) is 20.3 Å². The zero-order valence-electron chi connectivity index (χ0n) is 11.9. The van der Waals surface area contributed by atoms with Crippen molar-refractivity contribution >= 4 is 0 Å². The van der Waals surface area contributed by atoms with E-state index in [0.29, 0.717) is 5.82 Å². The number of likely N-dealkylation sites (N-methyl/N-ethyl adjacent to an activating group) is 1. The zero-order valence-corrected chi connectivity index (χ0v) is 11.9. The number of hydrogen-bond acceptors (Lipinski definition) is 5. The van der Waals surface area contributed by atoms with E-state index in [1.165, 1.54) is 0 Å². The number of hydrogen-bond donors (Lipinski definition) is 3. The van der Waals surface area contributed by atoms with E-state index in [0.717, 1.165) is 30.9 Å². The molecule has 0 aliphatic heterocycles. The SMILES string of the molecule is C=C(CN/C(C)=C/C=C(\N=N)NC)N(C)CCC. The van der Waals surface area contributed by atoms with Crippen LogP contribution in [0.5, 0.6) is 0 Å². The van der Waals surface area contributed by atoms with Gasteiger partial charge < -0.3 is 15.5 Å². The minimum Gasteiger partial charge on any atom is -0.383 e. The number of rotatable bonds is 9. The minimum atomic E-state index is 0.526. The van der Waals surface area contributed by atoms with Crippen molar-refractivity contribution in [2.75, 3.05) is 27.2 Å². The fraction of sp³-hybridized carbons (Fsp3) is 0.538. The Hall–Kier alpha value is -1.78. The Morgan fingerprint density at radius 1 is 1.44 bits per heavy atom. The lowest BCUT2D eigenvalue weighted by atomic mass is 10.3. The number of allylic oxidation sites excluding steroid dienone is 3. The van der Waals surface area contributed by atoms with Gasteiger partial charge in [0.15, 0.2) is 0 Å². The molecule has 0 fully saturated rings. The first-order chi connectivity index (χ1) is 8.54. The second kappa shape index (κ2) is 9.27. The van der Waals surface area contributed by atoms with Crippen LogP contribution < -0.4 is 10.6 Å². The van der Waals surface area contributed by atoms with Gasteiger partial charge in [-0.2, -0.15) is 0 Å². The van der Waals surface area contributed by atoms with Gasteiger partial charge in [-0.05, 0) is 25.5 Å². The highest BCUT2D eigenvalue weighted by Crippen LogP contribution is 2.00. The predicted octanol–water partition coefficient (Wildman–Crippen LogP) is 2.43. The van der Waals surface area contributed by atoms with E-state index in [9.17, 15) is 0 Å². The Kier molecular flexibility index (Phi) is 8.35. The highest BCUT2D eigenvalue weighted by Gasteiger charge is 1.99. The van der Waals surface area contributed by atoms with Gasteiger partial charge in [0.25, 0.3) is 0 Å². The van der Waals surface area contributed by atoms with Crippen molar-refractivity contribution in [3.63, 3.8) is 0 Å². The summed E-state index contributed by atoms with van der Waals surface area (Å²) in [5, 5.41) is 9.41. The molecule has 0 radical (unpaired) electrons. The molecule has 5 nitrogen and oxygen atoms in total. The van der Waals surface area contributed by atoms with Crippen LogP contribution in [0.2, 0.25) is 0 Å². The lowest BCUT2D eigenvalue weighted by molar-refractivity contribution is 0.406. The van der Waals surface area contributed by atoms with Crippen LogP contribution in [-0.4, -0.2) is 32.1 Å². The molecule has 0 aromatic rings. The van der Waals surface area contributed by atoms with Gasteiger partial charge in [-0.25, -0.2) is 5.53 Å². The van der Waals surface area contributed by atoms with E-state index in [-0.39, 0.29) is 0 Å². The molecule has 0 bridgehead atoms. The van der Waals surface area contributed by atoms with Crippen molar-refractivity contribution < 1.29 is 0 Å². The summed E-state index contributed by atoms with van der Waals surface area (Å²) in [6.45, 7) is 9.90. The van der Waals surface area contributed by atoms with Gasteiger partial charge in [-0.1, -0.05) is 13.5 Å². The number of nitrogens with one attached hydrogen (secondary N) is 3. The van der Waals surface area contributed by atoms with Crippen molar-refractivity contribution in [1.29, 1.82) is 5.53 Å². The van der Waals surface area contributed by atoms with E-state index < -0.39 is 0 Å². The first-order valence-corrected chi connectivity index (χ1v) is 6.11. The average molecular weight is 251 g/mol. The third-order valence-corrected chi connectivity index (χ3v) is 2.54. The maximum Gasteiger partial charge on any atom is 0.147 e. The Bertz CT molecular complexity index is 330. The molecule has 0 aliphatic rings. The second-order valence-corrected chi connectivity index (χ2v) is 4.10. The van der Waals surface area contributed by atoms with Gasteiger partial charge >= 0.3 is 0 Å². The van der Waals surface area contributed by atoms with Crippen molar-refractivity contribution in [3.8, 4) is 0 Å². The molecule has 0 aliphatic carbocycles. The summed E-state index contributed by atoms with van der Waals surface area (Å²) in [5.74, 6) is 0.526. The Morgan fingerprint density at radius 2 is 2.11 bits per heavy atom. The van der Waals surface area contributed by atoms with E-state index in [2.05, 4.69) is 34.2 Å². The van der Waals surface area contributed by atoms with Crippen LogP contribution >= 0.6 is 0 Å². The maximum absolute atomic E-state index is 6.90. The molecule has 0 saturated carbocycles. The summed E-state index contributed by atoms with van der Waals surface area (Å²) >= 11 is 0. The number of nitrogens with zero attached hydrogens (tertiary/aromatic N) is 2. The van der Waals surface area contributed by atoms with Crippen molar-refractivity contribution in [3.05, 3.63) is 35.9 Å². The summed E-state index contributed by atoms with van der Waals surface area (Å²) in [5.41, 5.74) is 8.97. The fourth-order valence-corrected chi connectivity index (χ4v) is 1.31. The molecule has 0 aromatic heterocycles. The Labute approximate surface area is 110 Å². The summed E-state index contributed by atoms with van der Waals surface area (Å²) in [4.78, 5) is 2.15. The molecular formula is C13H25N5. The molecule has 0 amide bonds. The summed E-state index contributed by atoms with van der Waals surface area (Å²) < 4.78 is 0. The van der Waals surface area contributed by atoms with Crippen LogP contribution in [0.3, 0.4) is 0 Å². The molecule has 0 spiro atoms. The third-order valence-electron chi connectivity index (χ3n) is 2.54. The minimum absolute atomic E-state index is 0.526. The van der Waals surface area contributed by atoms with E-state index in [1.54, 1.807) is 13.1 Å². The highest BCUT2D eigenvalue weighted by molar-refractivity contribution is 5.14. The molecule has 0 rings (SSSR count). The van der Waals surface area contributed by atoms with Gasteiger partial charge in [-0.3, -0.25) is 0 Å². The van der Waals surface area contributed by atoms with E-state index in [1.807, 2.05) is 20.0 Å². The third kappa shape index (κ3) is 6.73. The molecule has 3 N–H and O–H groups in total. The van der Waals surface area contributed by atoms with Crippen molar-refractivity contribution in [2.24, 2.45) is 5.11 Å². The molecule has 18 heavy (non-hydrogen) atoms. The molecule has 0 unspecified atom stereocenters. The van der Waals surface area contributed by atoms with Gasteiger partial charge in [0.05, 0.1) is 6.54 Å². The van der Waals surface area contributed by atoms with Crippen molar-refractivity contribution in [2.45, 2.75) is 20.3 Å². The van der Waals surface area contributed by atoms with Crippen LogP contribution in [0.25, 0.3) is 0 Å². The topological polar surface area (TPSA) is 63.5 Å². The first kappa shape index (κ1) is 16.2. The Balaban J connectivity index is 4.21. The maximum atomic E-state index is 6.90. The normalized spacial score (nSPS) is 12.0. The zero-order chi connectivity index (χ0) is 14.0. The quantitative estimate of drug-likeness (QED) is 0.435. The molecule has 102 valence electrons. The molecule has 5 heteroatoms. The van der Waals surface area contributed by atoms with Gasteiger partial charge in [0.2, 0.25) is 0 Å². The smallest absolute Gasteiger partial charge is 0.147 e. The molecule has 0 atom stereocenters. The molecular weight excluding hydrogens is 226 g/mol. The first-order valence-electron chi connectivity index (χ1n) is 6.11. The van der Waals surface area contributed by atoms with E-state index in [4.69, 9.17) is 5.53 Å². The molecule has 0 saturated heterocycles. The van der Waals surface area contributed by atoms with Gasteiger partial charge in [-0.15, -0.1) is 5.11 Å². The van der Waals surface area contributed by atoms with Crippen LogP contribution in [0.15, 0.2) is 41.1 Å². The predicted molar refractivity (Wildman–Crippen MR) is 76.1 cm³/mol. The van der Waals surface area contributed by atoms with Crippen LogP contribution in [0.4, 0.5) is 0 Å². The van der Waals surface area contributed by atoms with E-state index >= 15 is 0 Å². The monoisotopic (exact) mass is 251 g/mol. The molecule has 0 heterocycles. The Morgan fingerprint density at radius 3 is 2.61 bits per heavy atom. The van der Waals surface area contributed by atoms with Gasteiger partial charge in [0.1, 0.15) is 5.82 Å². The summed E-state index contributed by atoms with van der Waals surface area (Å²) in [7, 11) is 3.78. The second-order valence-electron chi connectivity index (χ2n) is 4.10. The largest absolute Gasteiger partial charge is 0.383 e. The summed E-state index contributed by atoms with van der Waals surface area (Å²) in [6, 6.07) is 0. The average Bonchev–Trinajstić information content (AvgIpc) is 2.37. The molecule has 0 aromatic carbocycles. The highest BCUT2D eigenvalue weighted by atomic mass is 15.1. The fourth-order valence-electron chi connectivity index (χ4n) is 1.31.